The largest absolute Gasteiger partial charge is 0.421 e. The van der Waals surface area contributed by atoms with Gasteiger partial charge in [0.05, 0.1) is 9.79 Å². The number of aromatic nitrogens is 4. The first-order valence-electron chi connectivity index (χ1n) is 10.1. The summed E-state index contributed by atoms with van der Waals surface area (Å²) in [6, 6.07) is 20.4. The Kier molecular flexibility index (Phi) is 5.10. The number of aryl methyl sites for hydroxylation is 2. The topological polar surface area (TPSA) is 112 Å². The van der Waals surface area contributed by atoms with Crippen molar-refractivity contribution in [3.05, 3.63) is 84.3 Å². The van der Waals surface area contributed by atoms with Gasteiger partial charge in [0.25, 0.3) is 0 Å². The molecule has 5 aromatic rings. The van der Waals surface area contributed by atoms with E-state index in [1.165, 1.54) is 12.1 Å². The highest BCUT2D eigenvalue weighted by Gasteiger charge is 2.18. The lowest BCUT2D eigenvalue weighted by atomic mass is 10.1. The highest BCUT2D eigenvalue weighted by Crippen LogP contribution is 2.28. The van der Waals surface area contributed by atoms with Gasteiger partial charge in [-0.3, -0.25) is 0 Å². The highest BCUT2D eigenvalue weighted by atomic mass is 32.2. The molecule has 164 valence electrons. The van der Waals surface area contributed by atoms with E-state index in [-0.39, 0.29) is 9.79 Å². The number of hydrogen-bond donors (Lipinski definition) is 0. The van der Waals surface area contributed by atoms with Crippen LogP contribution in [0.25, 0.3) is 34.4 Å². The van der Waals surface area contributed by atoms with Gasteiger partial charge in [-0.15, -0.1) is 20.4 Å². The van der Waals surface area contributed by atoms with Crippen molar-refractivity contribution < 1.29 is 17.3 Å². The summed E-state index contributed by atoms with van der Waals surface area (Å²) in [6.45, 7) is 3.64. The molecular formula is C24H18N4O4S. The molecule has 0 N–H and O–H groups in total. The minimum absolute atomic E-state index is 0.196. The second kappa shape index (κ2) is 8.10. The Labute approximate surface area is 189 Å². The van der Waals surface area contributed by atoms with Crippen molar-refractivity contribution >= 4 is 9.84 Å². The van der Waals surface area contributed by atoms with Crippen molar-refractivity contribution in [1.29, 1.82) is 0 Å². The third-order valence-electron chi connectivity index (χ3n) is 5.07. The molecule has 0 aliphatic heterocycles. The quantitative estimate of drug-likeness (QED) is 0.365. The van der Waals surface area contributed by atoms with Gasteiger partial charge in [-0.05, 0) is 67.6 Å². The molecule has 0 bridgehead atoms. The fraction of sp³-hybridized carbons (Fsp3) is 0.0833. The van der Waals surface area contributed by atoms with Crippen LogP contribution in [-0.4, -0.2) is 28.8 Å². The fourth-order valence-corrected chi connectivity index (χ4v) is 4.52. The maximum atomic E-state index is 12.8. The lowest BCUT2D eigenvalue weighted by molar-refractivity contribution is 0.532. The summed E-state index contributed by atoms with van der Waals surface area (Å²) in [5, 5.41) is 16.0. The molecule has 0 atom stereocenters. The van der Waals surface area contributed by atoms with Gasteiger partial charge >= 0.3 is 0 Å². The van der Waals surface area contributed by atoms with Gasteiger partial charge in [0.2, 0.25) is 33.4 Å². The maximum absolute atomic E-state index is 12.8. The molecule has 0 aliphatic rings. The van der Waals surface area contributed by atoms with Gasteiger partial charge in [0.15, 0.2) is 0 Å². The molecule has 0 amide bonds. The average Bonchev–Trinajstić information content (AvgIpc) is 3.49. The highest BCUT2D eigenvalue weighted by molar-refractivity contribution is 7.91. The van der Waals surface area contributed by atoms with Crippen molar-refractivity contribution in [2.24, 2.45) is 0 Å². The standard InChI is InChI=1S/C24H18N4O4S/c1-15-3-11-20(12-4-15)33(29,30)21-13-9-19(10-14-21)24-28-27-23(32-24)18-7-5-17(6-8-18)22-26-25-16(2)31-22/h3-14H,1-2H3. The zero-order chi connectivity index (χ0) is 23.0. The van der Waals surface area contributed by atoms with Crippen LogP contribution in [-0.2, 0) is 9.84 Å². The molecule has 8 nitrogen and oxygen atoms in total. The second-order valence-corrected chi connectivity index (χ2v) is 9.41. The molecule has 0 saturated carbocycles. The summed E-state index contributed by atoms with van der Waals surface area (Å²) in [4.78, 5) is 0.446. The zero-order valence-electron chi connectivity index (χ0n) is 17.8. The minimum atomic E-state index is -3.60. The maximum Gasteiger partial charge on any atom is 0.248 e. The molecule has 0 radical (unpaired) electrons. The number of nitrogens with zero attached hydrogens (tertiary/aromatic N) is 4. The fourth-order valence-electron chi connectivity index (χ4n) is 3.26. The molecular weight excluding hydrogens is 440 g/mol. The molecule has 0 spiro atoms. The molecule has 33 heavy (non-hydrogen) atoms. The van der Waals surface area contributed by atoms with Crippen molar-refractivity contribution in [2.45, 2.75) is 23.6 Å². The molecule has 9 heteroatoms. The number of rotatable bonds is 5. The van der Waals surface area contributed by atoms with Gasteiger partial charge in [-0.25, -0.2) is 8.42 Å². The van der Waals surface area contributed by atoms with E-state index in [2.05, 4.69) is 20.4 Å². The van der Waals surface area contributed by atoms with Crippen LogP contribution in [0.2, 0.25) is 0 Å². The van der Waals surface area contributed by atoms with Crippen molar-refractivity contribution in [1.82, 2.24) is 20.4 Å². The van der Waals surface area contributed by atoms with E-state index < -0.39 is 9.84 Å². The Morgan fingerprint density at radius 3 is 1.39 bits per heavy atom. The van der Waals surface area contributed by atoms with Crippen LogP contribution in [0.5, 0.6) is 0 Å². The summed E-state index contributed by atoms with van der Waals surface area (Å²) in [5.74, 6) is 1.56. The van der Waals surface area contributed by atoms with Gasteiger partial charge in [-0.1, -0.05) is 17.7 Å². The lowest BCUT2D eigenvalue weighted by Crippen LogP contribution is -2.01. The normalized spacial score (nSPS) is 11.6. The number of hydrogen-bond acceptors (Lipinski definition) is 8. The molecule has 2 heterocycles. The predicted octanol–water partition coefficient (Wildman–Crippen LogP) is 4.90. The van der Waals surface area contributed by atoms with Crippen molar-refractivity contribution in [3.8, 4) is 34.4 Å². The van der Waals surface area contributed by atoms with E-state index >= 15 is 0 Å². The van der Waals surface area contributed by atoms with Crippen LogP contribution in [0, 0.1) is 13.8 Å². The monoisotopic (exact) mass is 458 g/mol. The molecule has 2 aromatic heterocycles. The lowest BCUT2D eigenvalue weighted by Gasteiger charge is -2.05. The first-order valence-corrected chi connectivity index (χ1v) is 11.5. The summed E-state index contributed by atoms with van der Waals surface area (Å²) in [5.41, 5.74) is 3.13. The van der Waals surface area contributed by atoms with E-state index in [4.69, 9.17) is 8.83 Å². The Hall–Kier alpha value is -4.11. The first kappa shape index (κ1) is 20.8. The minimum Gasteiger partial charge on any atom is -0.421 e. The molecule has 3 aromatic carbocycles. The Morgan fingerprint density at radius 1 is 0.545 bits per heavy atom. The molecule has 0 aliphatic carbocycles. The Bertz CT molecular complexity index is 1520. The third kappa shape index (κ3) is 4.06. The summed E-state index contributed by atoms with van der Waals surface area (Å²) < 4.78 is 36.9. The summed E-state index contributed by atoms with van der Waals surface area (Å²) in [7, 11) is -3.60. The Balaban J connectivity index is 1.37. The second-order valence-electron chi connectivity index (χ2n) is 7.46. The van der Waals surface area contributed by atoms with Gasteiger partial charge < -0.3 is 8.83 Å². The molecule has 0 unspecified atom stereocenters. The van der Waals surface area contributed by atoms with Gasteiger partial charge in [0, 0.05) is 23.6 Å². The van der Waals surface area contributed by atoms with E-state index in [0.29, 0.717) is 29.1 Å². The third-order valence-corrected chi connectivity index (χ3v) is 6.86. The number of sulfone groups is 1. The first-order chi connectivity index (χ1) is 15.9. The van der Waals surface area contributed by atoms with Gasteiger partial charge in [0.1, 0.15) is 0 Å². The SMILES string of the molecule is Cc1ccc(S(=O)(=O)c2ccc(-c3nnc(-c4ccc(-c5nnc(C)o5)cc4)o3)cc2)cc1. The Morgan fingerprint density at radius 2 is 0.939 bits per heavy atom. The van der Waals surface area contributed by atoms with E-state index in [9.17, 15) is 8.42 Å². The number of benzene rings is 3. The van der Waals surface area contributed by atoms with E-state index in [0.717, 1.165) is 16.7 Å². The van der Waals surface area contributed by atoms with Crippen molar-refractivity contribution in [3.63, 3.8) is 0 Å². The summed E-state index contributed by atoms with van der Waals surface area (Å²) >= 11 is 0. The van der Waals surface area contributed by atoms with Crippen LogP contribution < -0.4 is 0 Å². The zero-order valence-corrected chi connectivity index (χ0v) is 18.6. The van der Waals surface area contributed by atoms with Crippen molar-refractivity contribution in [2.75, 3.05) is 0 Å². The molecule has 0 saturated heterocycles. The smallest absolute Gasteiger partial charge is 0.248 e. The van der Waals surface area contributed by atoms with E-state index in [1.807, 2.05) is 31.2 Å². The predicted molar refractivity (Wildman–Crippen MR) is 120 cm³/mol. The molecule has 0 fully saturated rings. The van der Waals surface area contributed by atoms with Crippen LogP contribution in [0.15, 0.2) is 91.4 Å². The van der Waals surface area contributed by atoms with Crippen LogP contribution in [0.4, 0.5) is 0 Å². The van der Waals surface area contributed by atoms with Crippen LogP contribution in [0.3, 0.4) is 0 Å². The average molecular weight is 458 g/mol. The summed E-state index contributed by atoms with van der Waals surface area (Å²) in [6.07, 6.45) is 0. The van der Waals surface area contributed by atoms with Crippen LogP contribution >= 0.6 is 0 Å². The van der Waals surface area contributed by atoms with Gasteiger partial charge in [-0.2, -0.15) is 0 Å². The molecule has 5 rings (SSSR count). The van der Waals surface area contributed by atoms with E-state index in [1.54, 1.807) is 43.3 Å². The van der Waals surface area contributed by atoms with Crippen LogP contribution in [0.1, 0.15) is 11.5 Å².